The van der Waals surface area contributed by atoms with Gasteiger partial charge in [-0.15, -0.1) is 0 Å². The Kier molecular flexibility index (Phi) is 4.81. The zero-order chi connectivity index (χ0) is 14.8. The minimum Gasteiger partial charge on any atom is -0.390 e. The van der Waals surface area contributed by atoms with Gasteiger partial charge in [-0.25, -0.2) is 13.1 Å². The van der Waals surface area contributed by atoms with Crippen molar-refractivity contribution >= 4 is 10.0 Å². The first-order chi connectivity index (χ1) is 8.60. The van der Waals surface area contributed by atoms with E-state index >= 15 is 0 Å². The summed E-state index contributed by atoms with van der Waals surface area (Å²) in [7, 11) is -1.81. The second-order valence-electron chi connectivity index (χ2n) is 5.90. The van der Waals surface area contributed by atoms with Crippen LogP contribution in [0.15, 0.2) is 17.2 Å². The first kappa shape index (κ1) is 16.2. The van der Waals surface area contributed by atoms with E-state index in [0.717, 1.165) is 0 Å². The van der Waals surface area contributed by atoms with Crippen molar-refractivity contribution in [3.63, 3.8) is 0 Å². The minimum absolute atomic E-state index is 0.109. The molecule has 0 aliphatic rings. The number of aliphatic hydroxyl groups excluding tert-OH is 1. The van der Waals surface area contributed by atoms with Gasteiger partial charge in [0.1, 0.15) is 0 Å². The van der Waals surface area contributed by atoms with E-state index in [0.29, 0.717) is 18.2 Å². The molecule has 0 saturated carbocycles. The first-order valence-electron chi connectivity index (χ1n) is 6.36. The molecule has 0 fully saturated rings. The fourth-order valence-electron chi connectivity index (χ4n) is 1.45. The zero-order valence-corrected chi connectivity index (χ0v) is 13.1. The van der Waals surface area contributed by atoms with E-state index in [1.54, 1.807) is 11.6 Å². The Labute approximate surface area is 115 Å². The van der Waals surface area contributed by atoms with Gasteiger partial charge < -0.3 is 9.67 Å². The van der Waals surface area contributed by atoms with Crippen LogP contribution in [0.3, 0.4) is 0 Å². The lowest BCUT2D eigenvalue weighted by Crippen LogP contribution is -2.36. The summed E-state index contributed by atoms with van der Waals surface area (Å²) in [6.07, 6.45) is 1.51. The van der Waals surface area contributed by atoms with Crippen LogP contribution in [-0.4, -0.2) is 24.6 Å². The van der Waals surface area contributed by atoms with Gasteiger partial charge in [0.25, 0.3) is 0 Å². The number of aliphatic hydroxyl groups is 1. The first-order valence-corrected chi connectivity index (χ1v) is 7.84. The van der Waals surface area contributed by atoms with Gasteiger partial charge in [0.15, 0.2) is 0 Å². The number of nitrogens with one attached hydrogen (secondary N) is 1. The molecule has 19 heavy (non-hydrogen) atoms. The van der Waals surface area contributed by atoms with Gasteiger partial charge in [-0.1, -0.05) is 27.7 Å². The summed E-state index contributed by atoms with van der Waals surface area (Å²) < 4.78 is 28.6. The van der Waals surface area contributed by atoms with Crippen molar-refractivity contribution < 1.29 is 13.5 Å². The maximum atomic E-state index is 12.2. The summed E-state index contributed by atoms with van der Waals surface area (Å²) in [5.41, 5.74) is 0.463. The molecule has 0 radical (unpaired) electrons. The molecule has 110 valence electrons. The molecule has 0 bridgehead atoms. The molecule has 0 spiro atoms. The van der Waals surface area contributed by atoms with Gasteiger partial charge >= 0.3 is 0 Å². The smallest absolute Gasteiger partial charge is 0.242 e. The highest BCUT2D eigenvalue weighted by Gasteiger charge is 2.26. The van der Waals surface area contributed by atoms with Crippen molar-refractivity contribution in [3.05, 3.63) is 18.0 Å². The summed E-state index contributed by atoms with van der Waals surface area (Å²) in [6.45, 7) is 8.41. The van der Waals surface area contributed by atoms with Gasteiger partial charge in [-0.3, -0.25) is 0 Å². The lowest BCUT2D eigenvalue weighted by Gasteiger charge is -2.29. The Balaban J connectivity index is 2.87. The van der Waals surface area contributed by atoms with Crippen LogP contribution in [-0.2, 0) is 23.7 Å². The topological polar surface area (TPSA) is 71.3 Å². The molecule has 1 rings (SSSR count). The number of hydrogen-bond acceptors (Lipinski definition) is 3. The molecule has 0 aromatic carbocycles. The van der Waals surface area contributed by atoms with Crippen LogP contribution in [0.5, 0.6) is 0 Å². The molecular formula is C13H24N2O3S. The maximum Gasteiger partial charge on any atom is 0.242 e. The fourth-order valence-corrected chi connectivity index (χ4v) is 2.77. The molecule has 1 aromatic heterocycles. The number of nitrogens with zero attached hydrogens (tertiary/aromatic N) is 1. The summed E-state index contributed by atoms with van der Waals surface area (Å²) in [5.74, 6) is 0.374. The third kappa shape index (κ3) is 3.81. The average molecular weight is 288 g/mol. The predicted molar refractivity (Wildman–Crippen MR) is 75.1 cm³/mol. The van der Waals surface area contributed by atoms with Gasteiger partial charge in [0.2, 0.25) is 10.0 Å². The molecule has 0 saturated heterocycles. The third-order valence-electron chi connectivity index (χ3n) is 3.84. The van der Waals surface area contributed by atoms with Crippen molar-refractivity contribution in [2.24, 2.45) is 18.4 Å². The van der Waals surface area contributed by atoms with Crippen molar-refractivity contribution in [1.29, 1.82) is 0 Å². The zero-order valence-electron chi connectivity index (χ0n) is 12.3. The quantitative estimate of drug-likeness (QED) is 0.833. The molecule has 1 heterocycles. The summed E-state index contributed by atoms with van der Waals surface area (Å²) in [6, 6.07) is 1.49. The molecule has 0 amide bonds. The molecule has 5 nitrogen and oxygen atoms in total. The van der Waals surface area contributed by atoms with E-state index < -0.39 is 10.0 Å². The van der Waals surface area contributed by atoms with Crippen LogP contribution in [0.1, 0.15) is 33.4 Å². The summed E-state index contributed by atoms with van der Waals surface area (Å²) >= 11 is 0. The molecule has 1 aromatic rings. The second-order valence-corrected chi connectivity index (χ2v) is 7.67. The lowest BCUT2D eigenvalue weighted by molar-refractivity contribution is 0.252. The number of aromatic nitrogens is 1. The SMILES string of the molecule is CC(C)C(C)(C)CNS(=O)(=O)c1cc(CO)n(C)c1. The molecule has 6 heteroatoms. The second kappa shape index (κ2) is 5.64. The van der Waals surface area contributed by atoms with Crippen LogP contribution in [0, 0.1) is 11.3 Å². The van der Waals surface area contributed by atoms with Gasteiger partial charge in [0, 0.05) is 25.5 Å². The van der Waals surface area contributed by atoms with Crippen LogP contribution in [0.2, 0.25) is 0 Å². The molecule has 2 N–H and O–H groups in total. The van der Waals surface area contributed by atoms with E-state index in [2.05, 4.69) is 18.6 Å². The molecule has 0 aliphatic carbocycles. The molecule has 0 atom stereocenters. The van der Waals surface area contributed by atoms with Gasteiger partial charge in [-0.2, -0.15) is 0 Å². The Bertz CT molecular complexity index is 530. The number of rotatable bonds is 6. The van der Waals surface area contributed by atoms with E-state index in [-0.39, 0.29) is 16.9 Å². The normalized spacial score (nSPS) is 13.2. The fraction of sp³-hybridized carbons (Fsp3) is 0.692. The van der Waals surface area contributed by atoms with Crippen LogP contribution in [0.25, 0.3) is 0 Å². The Morgan fingerprint density at radius 2 is 2.00 bits per heavy atom. The number of sulfonamides is 1. The van der Waals surface area contributed by atoms with Crippen molar-refractivity contribution in [2.75, 3.05) is 6.54 Å². The standard InChI is InChI=1S/C13H24N2O3S/c1-10(2)13(3,4)9-14-19(17,18)12-6-11(8-16)15(5)7-12/h6-7,10,14,16H,8-9H2,1-5H3. The van der Waals surface area contributed by atoms with Crippen LogP contribution in [0.4, 0.5) is 0 Å². The third-order valence-corrected chi connectivity index (χ3v) is 5.20. The Morgan fingerprint density at radius 3 is 2.42 bits per heavy atom. The van der Waals surface area contributed by atoms with Gasteiger partial charge in [0.05, 0.1) is 11.5 Å². The molecule has 0 aliphatic heterocycles. The molecular weight excluding hydrogens is 264 g/mol. The highest BCUT2D eigenvalue weighted by Crippen LogP contribution is 2.25. The number of aryl methyl sites for hydroxylation is 1. The van der Waals surface area contributed by atoms with E-state index in [4.69, 9.17) is 5.11 Å². The minimum atomic E-state index is -3.52. The maximum absolute atomic E-state index is 12.2. The van der Waals surface area contributed by atoms with Crippen molar-refractivity contribution in [1.82, 2.24) is 9.29 Å². The monoisotopic (exact) mass is 288 g/mol. The Morgan fingerprint density at radius 1 is 1.42 bits per heavy atom. The van der Waals surface area contributed by atoms with Gasteiger partial charge in [-0.05, 0) is 17.4 Å². The van der Waals surface area contributed by atoms with Crippen LogP contribution < -0.4 is 4.72 Å². The Hall–Kier alpha value is -0.850. The van der Waals surface area contributed by atoms with Crippen LogP contribution >= 0.6 is 0 Å². The summed E-state index contributed by atoms with van der Waals surface area (Å²) in [5, 5.41) is 9.09. The largest absolute Gasteiger partial charge is 0.390 e. The van der Waals surface area contributed by atoms with E-state index in [9.17, 15) is 8.42 Å². The lowest BCUT2D eigenvalue weighted by atomic mass is 9.81. The van der Waals surface area contributed by atoms with Crippen molar-refractivity contribution in [3.8, 4) is 0 Å². The average Bonchev–Trinajstić information content (AvgIpc) is 2.69. The van der Waals surface area contributed by atoms with E-state index in [1.165, 1.54) is 12.3 Å². The van der Waals surface area contributed by atoms with Crippen molar-refractivity contribution in [2.45, 2.75) is 39.2 Å². The highest BCUT2D eigenvalue weighted by molar-refractivity contribution is 7.89. The molecule has 0 unspecified atom stereocenters. The predicted octanol–water partition coefficient (Wildman–Crippen LogP) is 1.48. The highest BCUT2D eigenvalue weighted by atomic mass is 32.2. The summed E-state index contributed by atoms with van der Waals surface area (Å²) in [4.78, 5) is 0.193. The number of hydrogen-bond donors (Lipinski definition) is 2. The van der Waals surface area contributed by atoms with E-state index in [1.807, 2.05) is 13.8 Å².